The SMILES string of the molecule is O=C(O)[C@@H]1C[C@H]1c1c[nH]c2ncnc(Cl)c12. The van der Waals surface area contributed by atoms with Gasteiger partial charge in [-0.3, -0.25) is 4.79 Å². The number of hydrogen-bond acceptors (Lipinski definition) is 3. The lowest BCUT2D eigenvalue weighted by Gasteiger charge is -1.97. The molecule has 2 aromatic rings. The van der Waals surface area contributed by atoms with E-state index < -0.39 is 5.97 Å². The van der Waals surface area contributed by atoms with Crippen LogP contribution in [0.2, 0.25) is 5.15 Å². The number of H-pyrrole nitrogens is 1. The van der Waals surface area contributed by atoms with E-state index in [-0.39, 0.29) is 11.8 Å². The molecule has 2 atom stereocenters. The maximum atomic E-state index is 10.8. The van der Waals surface area contributed by atoms with Gasteiger partial charge in [0.25, 0.3) is 0 Å². The molecule has 2 heterocycles. The van der Waals surface area contributed by atoms with Gasteiger partial charge in [-0.2, -0.15) is 0 Å². The van der Waals surface area contributed by atoms with Crippen molar-refractivity contribution >= 4 is 28.6 Å². The summed E-state index contributed by atoms with van der Waals surface area (Å²) < 4.78 is 0. The van der Waals surface area contributed by atoms with Crippen LogP contribution in [0.25, 0.3) is 11.0 Å². The Kier molecular flexibility index (Phi) is 1.91. The molecule has 16 heavy (non-hydrogen) atoms. The van der Waals surface area contributed by atoms with Crippen LogP contribution < -0.4 is 0 Å². The average Bonchev–Trinajstić information content (AvgIpc) is 2.93. The van der Waals surface area contributed by atoms with Gasteiger partial charge in [-0.15, -0.1) is 0 Å². The summed E-state index contributed by atoms with van der Waals surface area (Å²) in [5, 5.41) is 10.0. The van der Waals surface area contributed by atoms with Crippen LogP contribution in [-0.4, -0.2) is 26.0 Å². The molecule has 0 amide bonds. The molecule has 0 aromatic carbocycles. The van der Waals surface area contributed by atoms with Gasteiger partial charge in [0.05, 0.1) is 11.3 Å². The number of carboxylic acids is 1. The molecular weight excluding hydrogens is 230 g/mol. The highest BCUT2D eigenvalue weighted by Crippen LogP contribution is 2.50. The monoisotopic (exact) mass is 237 g/mol. The number of fused-ring (bicyclic) bond motifs is 1. The Morgan fingerprint density at radius 2 is 2.38 bits per heavy atom. The Morgan fingerprint density at radius 3 is 3.06 bits per heavy atom. The summed E-state index contributed by atoms with van der Waals surface area (Å²) >= 11 is 5.98. The number of carbonyl (C=O) groups is 1. The normalized spacial score (nSPS) is 23.6. The van der Waals surface area contributed by atoms with Crippen molar-refractivity contribution in [1.82, 2.24) is 15.0 Å². The summed E-state index contributed by atoms with van der Waals surface area (Å²) in [4.78, 5) is 21.7. The molecular formula is C10H8ClN3O2. The van der Waals surface area contributed by atoms with Gasteiger partial charge in [-0.05, 0) is 12.0 Å². The van der Waals surface area contributed by atoms with Crippen molar-refractivity contribution in [2.75, 3.05) is 0 Å². The van der Waals surface area contributed by atoms with E-state index in [0.29, 0.717) is 17.2 Å². The van der Waals surface area contributed by atoms with Crippen molar-refractivity contribution in [3.05, 3.63) is 23.2 Å². The van der Waals surface area contributed by atoms with E-state index in [2.05, 4.69) is 15.0 Å². The Hall–Kier alpha value is -1.62. The Balaban J connectivity index is 2.09. The minimum absolute atomic E-state index is 0.0368. The molecule has 6 heteroatoms. The van der Waals surface area contributed by atoms with Crippen LogP contribution in [0.3, 0.4) is 0 Å². The molecule has 1 saturated carbocycles. The van der Waals surface area contributed by atoms with Gasteiger partial charge in [0.15, 0.2) is 0 Å². The lowest BCUT2D eigenvalue weighted by atomic mass is 10.1. The van der Waals surface area contributed by atoms with E-state index in [1.54, 1.807) is 6.20 Å². The zero-order valence-electron chi connectivity index (χ0n) is 8.14. The van der Waals surface area contributed by atoms with E-state index in [1.807, 2.05) is 0 Å². The summed E-state index contributed by atoms with van der Waals surface area (Å²) in [6.45, 7) is 0. The zero-order valence-corrected chi connectivity index (χ0v) is 8.90. The predicted octanol–water partition coefficient (Wildman–Crippen LogP) is 1.80. The quantitative estimate of drug-likeness (QED) is 0.781. The Morgan fingerprint density at radius 1 is 1.56 bits per heavy atom. The van der Waals surface area contributed by atoms with Crippen LogP contribution in [0.15, 0.2) is 12.5 Å². The standard InChI is InChI=1S/C10H8ClN3O2/c11-8-7-6(4-1-5(4)10(15)16)2-12-9(7)14-3-13-8/h2-5H,1H2,(H,15,16)(H,12,13,14)/t4-,5-/m1/s1. The van der Waals surface area contributed by atoms with Crippen molar-refractivity contribution in [1.29, 1.82) is 0 Å². The number of halogens is 1. The third-order valence-corrected chi connectivity index (χ3v) is 3.25. The summed E-state index contributed by atoms with van der Waals surface area (Å²) in [6, 6.07) is 0. The third kappa shape index (κ3) is 1.28. The average molecular weight is 238 g/mol. The molecule has 2 aromatic heterocycles. The number of carboxylic acid groups (broad SMARTS) is 1. The lowest BCUT2D eigenvalue weighted by molar-refractivity contribution is -0.138. The van der Waals surface area contributed by atoms with E-state index in [9.17, 15) is 4.79 Å². The van der Waals surface area contributed by atoms with Crippen molar-refractivity contribution < 1.29 is 9.90 Å². The van der Waals surface area contributed by atoms with Gasteiger partial charge in [-0.1, -0.05) is 11.6 Å². The molecule has 0 saturated heterocycles. The van der Waals surface area contributed by atoms with Crippen LogP contribution in [0.1, 0.15) is 17.9 Å². The summed E-state index contributed by atoms with van der Waals surface area (Å²) in [5.41, 5.74) is 1.57. The van der Waals surface area contributed by atoms with E-state index >= 15 is 0 Å². The number of aromatic amines is 1. The number of rotatable bonds is 2. The molecule has 1 aliphatic rings. The summed E-state index contributed by atoms with van der Waals surface area (Å²) in [7, 11) is 0. The minimum Gasteiger partial charge on any atom is -0.481 e. The molecule has 2 N–H and O–H groups in total. The molecule has 0 spiro atoms. The second kappa shape index (κ2) is 3.18. The maximum absolute atomic E-state index is 10.8. The van der Waals surface area contributed by atoms with Crippen molar-refractivity contribution in [2.24, 2.45) is 5.92 Å². The molecule has 0 bridgehead atoms. The highest BCUT2D eigenvalue weighted by molar-refractivity contribution is 6.34. The first-order chi connectivity index (χ1) is 7.68. The lowest BCUT2D eigenvalue weighted by Crippen LogP contribution is -1.98. The number of aromatic nitrogens is 3. The topological polar surface area (TPSA) is 78.9 Å². The fourth-order valence-corrected chi connectivity index (χ4v) is 2.29. The number of aliphatic carboxylic acids is 1. The van der Waals surface area contributed by atoms with Gasteiger partial charge < -0.3 is 10.1 Å². The maximum Gasteiger partial charge on any atom is 0.307 e. The van der Waals surface area contributed by atoms with E-state index in [4.69, 9.17) is 16.7 Å². The molecule has 82 valence electrons. The van der Waals surface area contributed by atoms with Crippen molar-refractivity contribution in [3.63, 3.8) is 0 Å². The first-order valence-corrected chi connectivity index (χ1v) is 5.26. The molecule has 1 fully saturated rings. The fourth-order valence-electron chi connectivity index (χ4n) is 2.05. The van der Waals surface area contributed by atoms with Gasteiger partial charge in [0.1, 0.15) is 17.1 Å². The van der Waals surface area contributed by atoms with E-state index in [1.165, 1.54) is 6.33 Å². The first kappa shape index (κ1) is 9.59. The summed E-state index contributed by atoms with van der Waals surface area (Å²) in [6.07, 6.45) is 3.82. The molecule has 0 unspecified atom stereocenters. The highest BCUT2D eigenvalue weighted by Gasteiger charge is 2.45. The first-order valence-electron chi connectivity index (χ1n) is 4.88. The Labute approximate surface area is 95.5 Å². The van der Waals surface area contributed by atoms with Crippen LogP contribution in [0.5, 0.6) is 0 Å². The second-order valence-electron chi connectivity index (χ2n) is 3.92. The highest BCUT2D eigenvalue weighted by atomic mass is 35.5. The van der Waals surface area contributed by atoms with Crippen LogP contribution in [-0.2, 0) is 4.79 Å². The molecule has 0 radical (unpaired) electrons. The second-order valence-corrected chi connectivity index (χ2v) is 4.28. The predicted molar refractivity (Wildman–Crippen MR) is 57.4 cm³/mol. The van der Waals surface area contributed by atoms with Crippen LogP contribution in [0, 0.1) is 5.92 Å². The van der Waals surface area contributed by atoms with Gasteiger partial charge >= 0.3 is 5.97 Å². The molecule has 0 aliphatic heterocycles. The molecule has 1 aliphatic carbocycles. The van der Waals surface area contributed by atoms with E-state index in [0.717, 1.165) is 10.9 Å². The van der Waals surface area contributed by atoms with Crippen LogP contribution >= 0.6 is 11.6 Å². The summed E-state index contributed by atoms with van der Waals surface area (Å²) in [5.74, 6) is -1.02. The Bertz CT molecular complexity index is 580. The number of hydrogen-bond donors (Lipinski definition) is 2. The smallest absolute Gasteiger partial charge is 0.307 e. The molecule has 5 nitrogen and oxygen atoms in total. The van der Waals surface area contributed by atoms with Gasteiger partial charge in [0, 0.05) is 12.1 Å². The zero-order chi connectivity index (χ0) is 11.3. The minimum atomic E-state index is -0.757. The number of nitrogens with one attached hydrogen (secondary N) is 1. The molecule has 3 rings (SSSR count). The third-order valence-electron chi connectivity index (χ3n) is 2.96. The van der Waals surface area contributed by atoms with Crippen molar-refractivity contribution in [2.45, 2.75) is 12.3 Å². The van der Waals surface area contributed by atoms with Crippen molar-refractivity contribution in [3.8, 4) is 0 Å². The van der Waals surface area contributed by atoms with Crippen LogP contribution in [0.4, 0.5) is 0 Å². The number of nitrogens with zero attached hydrogens (tertiary/aromatic N) is 2. The fraction of sp³-hybridized carbons (Fsp3) is 0.300. The van der Waals surface area contributed by atoms with Gasteiger partial charge in [-0.25, -0.2) is 9.97 Å². The van der Waals surface area contributed by atoms with Gasteiger partial charge in [0.2, 0.25) is 0 Å². The largest absolute Gasteiger partial charge is 0.481 e.